The lowest BCUT2D eigenvalue weighted by atomic mass is 10.1. The highest BCUT2D eigenvalue weighted by Gasteiger charge is 2.08. The van der Waals surface area contributed by atoms with Crippen LogP contribution in [0, 0.1) is 0 Å². The molecule has 1 amide bonds. The Bertz CT molecular complexity index is 799. The van der Waals surface area contributed by atoms with Crippen LogP contribution in [-0.2, 0) is 11.2 Å². The SMILES string of the molecule is COc1ccc(CC(=O)N/N=C/c2ccc(OC(C)C)cc2OC(C)C)cc1. The fraction of sp³-hybridized carbons (Fsp3) is 0.364. The van der Waals surface area contributed by atoms with Gasteiger partial charge in [0.1, 0.15) is 17.2 Å². The molecule has 0 heterocycles. The second-order valence-corrected chi connectivity index (χ2v) is 6.85. The van der Waals surface area contributed by atoms with Crippen molar-refractivity contribution in [3.05, 3.63) is 53.6 Å². The molecule has 0 bridgehead atoms. The molecular weight excluding hydrogens is 356 g/mol. The van der Waals surface area contributed by atoms with Gasteiger partial charge in [-0.25, -0.2) is 5.43 Å². The molecule has 0 spiro atoms. The van der Waals surface area contributed by atoms with E-state index in [9.17, 15) is 4.79 Å². The molecule has 1 N–H and O–H groups in total. The van der Waals surface area contributed by atoms with E-state index >= 15 is 0 Å². The van der Waals surface area contributed by atoms with Gasteiger partial charge in [0.25, 0.3) is 0 Å². The Kier molecular flexibility index (Phi) is 7.87. The molecular formula is C22H28N2O4. The highest BCUT2D eigenvalue weighted by Crippen LogP contribution is 2.25. The Morgan fingerprint density at radius 2 is 1.64 bits per heavy atom. The van der Waals surface area contributed by atoms with Crippen molar-refractivity contribution in [2.24, 2.45) is 5.10 Å². The minimum atomic E-state index is -0.201. The standard InChI is InChI=1S/C22H28N2O4/c1-15(2)27-20-11-8-18(21(13-20)28-16(3)4)14-23-24-22(25)12-17-6-9-19(26-5)10-7-17/h6-11,13-16H,12H2,1-5H3,(H,24,25)/b23-14+. The van der Waals surface area contributed by atoms with Gasteiger partial charge in [0.05, 0.1) is 32.0 Å². The zero-order valence-electron chi connectivity index (χ0n) is 17.1. The molecule has 2 rings (SSSR count). The van der Waals surface area contributed by atoms with E-state index in [1.807, 2.05) is 70.2 Å². The predicted molar refractivity (Wildman–Crippen MR) is 110 cm³/mol. The summed E-state index contributed by atoms with van der Waals surface area (Å²) in [6.45, 7) is 7.84. The summed E-state index contributed by atoms with van der Waals surface area (Å²) in [5.74, 6) is 1.94. The van der Waals surface area contributed by atoms with Gasteiger partial charge >= 0.3 is 0 Å². The van der Waals surface area contributed by atoms with Crippen molar-refractivity contribution in [1.82, 2.24) is 5.43 Å². The number of ether oxygens (including phenoxy) is 3. The normalized spacial score (nSPS) is 11.1. The maximum absolute atomic E-state index is 12.1. The fourth-order valence-electron chi connectivity index (χ4n) is 2.46. The van der Waals surface area contributed by atoms with Crippen LogP contribution in [0.2, 0.25) is 0 Å². The van der Waals surface area contributed by atoms with Crippen LogP contribution in [0.5, 0.6) is 17.2 Å². The van der Waals surface area contributed by atoms with E-state index in [-0.39, 0.29) is 24.5 Å². The van der Waals surface area contributed by atoms with Gasteiger partial charge in [-0.3, -0.25) is 4.79 Å². The molecule has 2 aromatic carbocycles. The van der Waals surface area contributed by atoms with Gasteiger partial charge in [0.15, 0.2) is 0 Å². The third kappa shape index (κ3) is 6.95. The number of rotatable bonds is 9. The van der Waals surface area contributed by atoms with Crippen molar-refractivity contribution in [2.75, 3.05) is 7.11 Å². The van der Waals surface area contributed by atoms with Gasteiger partial charge in [0, 0.05) is 11.6 Å². The molecule has 0 aliphatic heterocycles. The van der Waals surface area contributed by atoms with E-state index in [0.29, 0.717) is 5.75 Å². The van der Waals surface area contributed by atoms with Gasteiger partial charge in [-0.15, -0.1) is 0 Å². The van der Waals surface area contributed by atoms with Crippen molar-refractivity contribution in [3.63, 3.8) is 0 Å². The molecule has 0 aliphatic rings. The van der Waals surface area contributed by atoms with E-state index in [4.69, 9.17) is 14.2 Å². The minimum Gasteiger partial charge on any atom is -0.497 e. The number of nitrogens with zero attached hydrogens (tertiary/aromatic N) is 1. The van der Waals surface area contributed by atoms with E-state index < -0.39 is 0 Å². The predicted octanol–water partition coefficient (Wildman–Crippen LogP) is 3.96. The Balaban J connectivity index is 2.01. The van der Waals surface area contributed by atoms with Gasteiger partial charge in [-0.05, 0) is 57.5 Å². The molecule has 0 saturated carbocycles. The van der Waals surface area contributed by atoms with Crippen molar-refractivity contribution < 1.29 is 19.0 Å². The molecule has 0 aromatic heterocycles. The average molecular weight is 384 g/mol. The highest BCUT2D eigenvalue weighted by atomic mass is 16.5. The van der Waals surface area contributed by atoms with Crippen LogP contribution in [-0.4, -0.2) is 31.4 Å². The molecule has 6 heteroatoms. The monoisotopic (exact) mass is 384 g/mol. The van der Waals surface area contributed by atoms with Crippen molar-refractivity contribution in [3.8, 4) is 17.2 Å². The molecule has 0 fully saturated rings. The first-order valence-electron chi connectivity index (χ1n) is 9.29. The zero-order chi connectivity index (χ0) is 20.5. The van der Waals surface area contributed by atoms with Crippen LogP contribution in [0.25, 0.3) is 0 Å². The summed E-state index contributed by atoms with van der Waals surface area (Å²) in [7, 11) is 1.61. The molecule has 0 saturated heterocycles. The van der Waals surface area contributed by atoms with Gasteiger partial charge in [-0.1, -0.05) is 12.1 Å². The number of carbonyl (C=O) groups is 1. The van der Waals surface area contributed by atoms with Crippen LogP contribution in [0.3, 0.4) is 0 Å². The molecule has 28 heavy (non-hydrogen) atoms. The summed E-state index contributed by atoms with van der Waals surface area (Å²) < 4.78 is 16.7. The maximum Gasteiger partial charge on any atom is 0.244 e. The summed E-state index contributed by atoms with van der Waals surface area (Å²) in [4.78, 5) is 12.1. The van der Waals surface area contributed by atoms with Crippen LogP contribution >= 0.6 is 0 Å². The third-order valence-electron chi connectivity index (χ3n) is 3.64. The molecule has 150 valence electrons. The summed E-state index contributed by atoms with van der Waals surface area (Å²) >= 11 is 0. The summed E-state index contributed by atoms with van der Waals surface area (Å²) in [5.41, 5.74) is 4.19. The number of benzene rings is 2. The van der Waals surface area contributed by atoms with Crippen molar-refractivity contribution in [2.45, 2.75) is 46.3 Å². The number of carbonyl (C=O) groups excluding carboxylic acids is 1. The summed E-state index contributed by atoms with van der Waals surface area (Å²) in [5, 5.41) is 4.06. The summed E-state index contributed by atoms with van der Waals surface area (Å²) in [6.07, 6.45) is 1.88. The van der Waals surface area contributed by atoms with E-state index in [1.165, 1.54) is 0 Å². The number of amides is 1. The molecule has 0 radical (unpaired) electrons. The Labute approximate surface area is 166 Å². The number of methoxy groups -OCH3 is 1. The largest absolute Gasteiger partial charge is 0.497 e. The zero-order valence-corrected chi connectivity index (χ0v) is 17.1. The van der Waals surface area contributed by atoms with E-state index in [0.717, 1.165) is 22.6 Å². The number of nitrogens with one attached hydrogen (secondary N) is 1. The van der Waals surface area contributed by atoms with Crippen LogP contribution in [0.1, 0.15) is 38.8 Å². The quantitative estimate of drug-likeness (QED) is 0.525. The van der Waals surface area contributed by atoms with Gasteiger partial charge in [-0.2, -0.15) is 5.10 Å². The second-order valence-electron chi connectivity index (χ2n) is 6.85. The number of hydrazone groups is 1. The van der Waals surface area contributed by atoms with Crippen molar-refractivity contribution in [1.29, 1.82) is 0 Å². The maximum atomic E-state index is 12.1. The van der Waals surface area contributed by atoms with Crippen LogP contribution in [0.4, 0.5) is 0 Å². The first-order valence-corrected chi connectivity index (χ1v) is 9.29. The molecule has 0 unspecified atom stereocenters. The highest BCUT2D eigenvalue weighted by molar-refractivity contribution is 5.86. The topological polar surface area (TPSA) is 69.2 Å². The van der Waals surface area contributed by atoms with Crippen molar-refractivity contribution >= 4 is 12.1 Å². The average Bonchev–Trinajstić information content (AvgIpc) is 2.63. The van der Waals surface area contributed by atoms with Crippen LogP contribution < -0.4 is 19.6 Å². The van der Waals surface area contributed by atoms with E-state index in [1.54, 1.807) is 13.3 Å². The molecule has 0 atom stereocenters. The molecule has 0 aliphatic carbocycles. The molecule has 6 nitrogen and oxygen atoms in total. The third-order valence-corrected chi connectivity index (χ3v) is 3.64. The summed E-state index contributed by atoms with van der Waals surface area (Å²) in [6, 6.07) is 12.9. The van der Waals surface area contributed by atoms with Gasteiger partial charge in [0.2, 0.25) is 5.91 Å². The lowest BCUT2D eigenvalue weighted by Gasteiger charge is -2.15. The first kappa shape index (κ1) is 21.3. The fourth-order valence-corrected chi connectivity index (χ4v) is 2.46. The smallest absolute Gasteiger partial charge is 0.244 e. The second kappa shape index (κ2) is 10.3. The number of hydrogen-bond donors (Lipinski definition) is 1. The lowest BCUT2D eigenvalue weighted by molar-refractivity contribution is -0.120. The Morgan fingerprint density at radius 3 is 2.25 bits per heavy atom. The lowest BCUT2D eigenvalue weighted by Crippen LogP contribution is -2.19. The van der Waals surface area contributed by atoms with Crippen LogP contribution in [0.15, 0.2) is 47.6 Å². The van der Waals surface area contributed by atoms with Gasteiger partial charge < -0.3 is 14.2 Å². The molecule has 2 aromatic rings. The Morgan fingerprint density at radius 1 is 1.00 bits per heavy atom. The first-order chi connectivity index (χ1) is 13.4. The number of hydrogen-bond acceptors (Lipinski definition) is 5. The van der Waals surface area contributed by atoms with E-state index in [2.05, 4.69) is 10.5 Å². The minimum absolute atomic E-state index is 0.00566. The Hall–Kier alpha value is -3.02.